The van der Waals surface area contributed by atoms with Crippen LogP contribution in [0.3, 0.4) is 0 Å². The fraction of sp³-hybridized carbons (Fsp3) is 0.636. The monoisotopic (exact) mass is 242 g/mol. The first-order chi connectivity index (χ1) is 7.56. The molecule has 1 atom stereocenters. The minimum Gasteiger partial charge on any atom is -0.367 e. The van der Waals surface area contributed by atoms with Crippen molar-refractivity contribution >= 4 is 9.84 Å². The van der Waals surface area contributed by atoms with Crippen LogP contribution >= 0.6 is 0 Å². The molecular weight excluding hydrogens is 224 g/mol. The van der Waals surface area contributed by atoms with Gasteiger partial charge in [-0.05, 0) is 36.4 Å². The number of nitrogens with one attached hydrogen (secondary N) is 2. The standard InChI is InChI=1S/C11H18N2O2S/c1-16(14,15)5-3-10-6-12-4-2-9-7-13-8-11(9)10/h7-8,10,12-13H,2-6H2,1H3. The van der Waals surface area contributed by atoms with Gasteiger partial charge >= 0.3 is 0 Å². The van der Waals surface area contributed by atoms with Crippen molar-refractivity contribution in [2.24, 2.45) is 0 Å². The van der Waals surface area contributed by atoms with Gasteiger partial charge in [0.05, 0.1) is 5.75 Å². The highest BCUT2D eigenvalue weighted by molar-refractivity contribution is 7.90. The van der Waals surface area contributed by atoms with Crippen molar-refractivity contribution in [3.63, 3.8) is 0 Å². The SMILES string of the molecule is CS(=O)(=O)CCC1CNCCc2c[nH]cc21. The first-order valence-corrected chi connectivity index (χ1v) is 7.66. The highest BCUT2D eigenvalue weighted by Crippen LogP contribution is 2.25. The molecule has 2 rings (SSSR count). The average Bonchev–Trinajstić information content (AvgIpc) is 2.56. The molecule has 1 aromatic rings. The van der Waals surface area contributed by atoms with E-state index in [1.54, 1.807) is 0 Å². The summed E-state index contributed by atoms with van der Waals surface area (Å²) in [5.41, 5.74) is 2.61. The van der Waals surface area contributed by atoms with Gasteiger partial charge in [0, 0.05) is 25.2 Å². The van der Waals surface area contributed by atoms with Crippen molar-refractivity contribution < 1.29 is 8.42 Å². The summed E-state index contributed by atoms with van der Waals surface area (Å²) in [6.07, 6.45) is 7.06. The molecular formula is C11H18N2O2S. The van der Waals surface area contributed by atoms with E-state index in [0.717, 1.165) is 19.5 Å². The number of H-pyrrole nitrogens is 1. The highest BCUT2D eigenvalue weighted by Gasteiger charge is 2.20. The van der Waals surface area contributed by atoms with Crippen LogP contribution in [0.1, 0.15) is 23.5 Å². The summed E-state index contributed by atoms with van der Waals surface area (Å²) in [4.78, 5) is 3.12. The van der Waals surface area contributed by atoms with Crippen molar-refractivity contribution in [2.75, 3.05) is 25.1 Å². The molecule has 0 aliphatic carbocycles. The number of hydrogen-bond acceptors (Lipinski definition) is 3. The van der Waals surface area contributed by atoms with Gasteiger partial charge in [-0.1, -0.05) is 0 Å². The second-order valence-corrected chi connectivity index (χ2v) is 6.77. The molecule has 0 spiro atoms. The molecule has 2 heterocycles. The smallest absolute Gasteiger partial charge is 0.147 e. The van der Waals surface area contributed by atoms with Gasteiger partial charge in [0.15, 0.2) is 0 Å². The number of aromatic amines is 1. The van der Waals surface area contributed by atoms with E-state index < -0.39 is 9.84 Å². The van der Waals surface area contributed by atoms with Crippen molar-refractivity contribution in [3.05, 3.63) is 23.5 Å². The number of hydrogen-bond donors (Lipinski definition) is 2. The summed E-state index contributed by atoms with van der Waals surface area (Å²) < 4.78 is 22.4. The van der Waals surface area contributed by atoms with Crippen molar-refractivity contribution in [3.8, 4) is 0 Å². The molecule has 0 saturated carbocycles. The zero-order valence-corrected chi connectivity index (χ0v) is 10.3. The van der Waals surface area contributed by atoms with Crippen LogP contribution in [-0.2, 0) is 16.3 Å². The summed E-state index contributed by atoms with van der Waals surface area (Å²) in [5.74, 6) is 0.586. The van der Waals surface area contributed by atoms with E-state index >= 15 is 0 Å². The quantitative estimate of drug-likeness (QED) is 0.819. The summed E-state index contributed by atoms with van der Waals surface area (Å²) in [6, 6.07) is 0. The topological polar surface area (TPSA) is 62.0 Å². The third kappa shape index (κ3) is 2.86. The van der Waals surface area contributed by atoms with Gasteiger partial charge in [-0.15, -0.1) is 0 Å². The van der Waals surface area contributed by atoms with Crippen molar-refractivity contribution in [1.82, 2.24) is 10.3 Å². The van der Waals surface area contributed by atoms with Crippen LogP contribution in [0.25, 0.3) is 0 Å². The normalized spacial score (nSPS) is 21.4. The highest BCUT2D eigenvalue weighted by atomic mass is 32.2. The minimum atomic E-state index is -2.86. The lowest BCUT2D eigenvalue weighted by Crippen LogP contribution is -2.22. The third-order valence-corrected chi connectivity index (χ3v) is 4.08. The molecule has 5 heteroatoms. The van der Waals surface area contributed by atoms with E-state index in [-0.39, 0.29) is 5.75 Å². The van der Waals surface area contributed by atoms with E-state index in [9.17, 15) is 8.42 Å². The van der Waals surface area contributed by atoms with Crippen LogP contribution in [0.2, 0.25) is 0 Å². The Labute approximate surface area is 96.4 Å². The Bertz CT molecular complexity index is 450. The Kier molecular flexibility index (Phi) is 3.35. The zero-order chi connectivity index (χ0) is 11.6. The number of aromatic nitrogens is 1. The van der Waals surface area contributed by atoms with Crippen LogP contribution in [-0.4, -0.2) is 38.5 Å². The molecule has 1 aliphatic heterocycles. The van der Waals surface area contributed by atoms with Crippen LogP contribution in [0, 0.1) is 0 Å². The van der Waals surface area contributed by atoms with Gasteiger partial charge in [-0.3, -0.25) is 0 Å². The van der Waals surface area contributed by atoms with Crippen LogP contribution in [0.4, 0.5) is 0 Å². The molecule has 0 aromatic carbocycles. The summed E-state index contributed by atoms with van der Waals surface area (Å²) >= 11 is 0. The largest absolute Gasteiger partial charge is 0.367 e. The second kappa shape index (κ2) is 4.59. The maximum absolute atomic E-state index is 11.2. The Balaban J connectivity index is 2.10. The lowest BCUT2D eigenvalue weighted by Gasteiger charge is -2.14. The lowest BCUT2D eigenvalue weighted by atomic mass is 9.96. The third-order valence-electron chi connectivity index (χ3n) is 3.11. The Morgan fingerprint density at radius 3 is 3.00 bits per heavy atom. The molecule has 2 N–H and O–H groups in total. The number of rotatable bonds is 3. The molecule has 0 radical (unpaired) electrons. The van der Waals surface area contributed by atoms with E-state index in [0.29, 0.717) is 12.3 Å². The molecule has 0 fully saturated rings. The van der Waals surface area contributed by atoms with E-state index in [1.165, 1.54) is 17.4 Å². The van der Waals surface area contributed by atoms with E-state index in [1.807, 2.05) is 12.4 Å². The minimum absolute atomic E-state index is 0.268. The molecule has 0 bridgehead atoms. The molecule has 1 aromatic heterocycles. The number of sulfone groups is 1. The van der Waals surface area contributed by atoms with Gasteiger partial charge in [0.1, 0.15) is 9.84 Å². The van der Waals surface area contributed by atoms with Crippen LogP contribution in [0.15, 0.2) is 12.4 Å². The molecule has 4 nitrogen and oxygen atoms in total. The van der Waals surface area contributed by atoms with Crippen molar-refractivity contribution in [1.29, 1.82) is 0 Å². The fourth-order valence-electron chi connectivity index (χ4n) is 2.23. The molecule has 16 heavy (non-hydrogen) atoms. The van der Waals surface area contributed by atoms with Gasteiger partial charge in [-0.2, -0.15) is 0 Å². The van der Waals surface area contributed by atoms with Crippen molar-refractivity contribution in [2.45, 2.75) is 18.8 Å². The van der Waals surface area contributed by atoms with Gasteiger partial charge in [-0.25, -0.2) is 8.42 Å². The molecule has 1 aliphatic rings. The number of fused-ring (bicyclic) bond motifs is 1. The van der Waals surface area contributed by atoms with Crippen LogP contribution in [0.5, 0.6) is 0 Å². The lowest BCUT2D eigenvalue weighted by molar-refractivity contribution is 0.572. The average molecular weight is 242 g/mol. The maximum atomic E-state index is 11.2. The molecule has 0 saturated heterocycles. The fourth-order valence-corrected chi connectivity index (χ4v) is 2.94. The van der Waals surface area contributed by atoms with E-state index in [4.69, 9.17) is 0 Å². The molecule has 1 unspecified atom stereocenters. The van der Waals surface area contributed by atoms with Gasteiger partial charge in [0.25, 0.3) is 0 Å². The zero-order valence-electron chi connectivity index (χ0n) is 9.49. The first-order valence-electron chi connectivity index (χ1n) is 5.60. The Morgan fingerprint density at radius 1 is 1.44 bits per heavy atom. The summed E-state index contributed by atoms with van der Waals surface area (Å²) in [6.45, 7) is 1.85. The van der Waals surface area contributed by atoms with Gasteiger partial charge < -0.3 is 10.3 Å². The molecule has 0 amide bonds. The van der Waals surface area contributed by atoms with E-state index in [2.05, 4.69) is 10.3 Å². The van der Waals surface area contributed by atoms with Gasteiger partial charge in [0.2, 0.25) is 0 Å². The Morgan fingerprint density at radius 2 is 2.25 bits per heavy atom. The predicted octanol–water partition coefficient (Wildman–Crippen LogP) is 0.679. The molecule has 90 valence electrons. The first kappa shape index (κ1) is 11.7. The Hall–Kier alpha value is -0.810. The second-order valence-electron chi connectivity index (χ2n) is 4.51. The maximum Gasteiger partial charge on any atom is 0.147 e. The van der Waals surface area contributed by atoms with Crippen LogP contribution < -0.4 is 5.32 Å². The summed E-state index contributed by atoms with van der Waals surface area (Å²) in [5, 5.41) is 3.36. The summed E-state index contributed by atoms with van der Waals surface area (Å²) in [7, 11) is -2.86. The predicted molar refractivity (Wildman–Crippen MR) is 64.4 cm³/mol.